The van der Waals surface area contributed by atoms with Crippen LogP contribution < -0.4 is 5.11 Å². The minimum Gasteiger partial charge on any atom is -0.545 e. The Balaban J connectivity index is 4.01. The molecular formula is C86H153NO8. The highest BCUT2D eigenvalue weighted by Gasteiger charge is 2.22. The summed E-state index contributed by atoms with van der Waals surface area (Å²) in [5.41, 5.74) is 0. The maximum Gasteiger partial charge on any atom is 0.306 e. The molecule has 0 aromatic rings. The molecule has 0 aliphatic rings. The smallest absolute Gasteiger partial charge is 0.306 e. The SMILES string of the molecule is CC/C=C\C/C=C\C/C=C\C/C=C\C/C=C\C/C=C\C/C=C\C/C=C\CCCCCCC(=O)OC(COC(=O)CCCCCCCCCCCCCCCCCCCCCCCCCCCCCCCCCCCCCCCCCCC)COC(OCC[N+](C)(C)C)C(=O)[O-]. The number of carbonyl (C=O) groups is 3. The number of aliphatic carboxylic acids is 1. The average molecular weight is 1330 g/mol. The Morgan fingerprint density at radius 3 is 0.895 bits per heavy atom. The van der Waals surface area contributed by atoms with E-state index in [2.05, 4.69) is 111 Å². The molecule has 0 fully saturated rings. The molecule has 550 valence electrons. The number of carboxylic acids is 1. The molecule has 0 saturated heterocycles. The highest BCUT2D eigenvalue weighted by molar-refractivity contribution is 5.70. The summed E-state index contributed by atoms with van der Waals surface area (Å²) in [5.74, 6) is -2.31. The van der Waals surface area contributed by atoms with Gasteiger partial charge in [-0.3, -0.25) is 9.59 Å². The van der Waals surface area contributed by atoms with Crippen molar-refractivity contribution >= 4 is 17.9 Å². The summed E-state index contributed by atoms with van der Waals surface area (Å²) in [6.45, 7) is 4.64. The molecule has 2 unspecified atom stereocenters. The minimum atomic E-state index is -1.64. The van der Waals surface area contributed by atoms with Crippen molar-refractivity contribution < 1.29 is 42.9 Å². The van der Waals surface area contributed by atoms with Crippen LogP contribution in [0.1, 0.15) is 373 Å². The monoisotopic (exact) mass is 1330 g/mol. The standard InChI is InChI=1S/C86H153NO8/c1-6-8-10-12-14-16-18-20-22-24-26-28-30-32-34-36-37-38-39-40-41-42-43-44-45-46-47-49-50-52-54-56-58-60-62-64-66-68-70-72-74-76-83(88)93-80-82(81-94-86(85(90)91)92-79-78-87(3,4)5)95-84(89)77-75-73-71-69-67-65-63-61-59-57-55-53-51-48-35-33-31-29-27-25-23-21-19-17-15-13-11-9-7-2/h9,11,15,17,21,23,27,29,33,35,51,53,57,59,63,65,82,86H,6-8,10,12-14,16,18-20,22,24-26,28,30-32,34,36-50,52,54-56,58,60-62,64,66-81H2,1-5H3/b11-9-,17-15-,23-21-,29-27-,35-33-,53-51-,59-57-,65-63-. The van der Waals surface area contributed by atoms with E-state index in [0.717, 1.165) is 96.3 Å². The van der Waals surface area contributed by atoms with Crippen LogP contribution >= 0.6 is 0 Å². The summed E-state index contributed by atoms with van der Waals surface area (Å²) in [7, 11) is 5.93. The van der Waals surface area contributed by atoms with Gasteiger partial charge < -0.3 is 33.3 Å². The van der Waals surface area contributed by atoms with E-state index in [-0.39, 0.29) is 38.6 Å². The first-order valence-electron chi connectivity index (χ1n) is 40.4. The molecule has 2 atom stereocenters. The van der Waals surface area contributed by atoms with E-state index in [1.807, 2.05) is 21.1 Å². The first-order chi connectivity index (χ1) is 46.6. The number of nitrogens with zero attached hydrogens (tertiary/aromatic N) is 1. The molecule has 0 radical (unpaired) electrons. The van der Waals surface area contributed by atoms with E-state index < -0.39 is 24.3 Å². The normalized spacial score (nSPS) is 13.1. The molecule has 9 nitrogen and oxygen atoms in total. The van der Waals surface area contributed by atoms with E-state index in [1.54, 1.807) is 0 Å². The Bertz CT molecular complexity index is 1890. The summed E-state index contributed by atoms with van der Waals surface area (Å²) in [5, 5.41) is 11.9. The molecule has 0 aliphatic heterocycles. The van der Waals surface area contributed by atoms with Gasteiger partial charge in [0.15, 0.2) is 12.4 Å². The summed E-state index contributed by atoms with van der Waals surface area (Å²) in [6, 6.07) is 0. The number of unbranched alkanes of at least 4 members (excludes halogenated alkanes) is 44. The van der Waals surface area contributed by atoms with Gasteiger partial charge in [0.2, 0.25) is 0 Å². The van der Waals surface area contributed by atoms with Crippen molar-refractivity contribution in [2.24, 2.45) is 0 Å². The minimum absolute atomic E-state index is 0.139. The number of carboxylic acid groups (broad SMARTS) is 1. The quantitative estimate of drug-likeness (QED) is 0.0195. The third-order valence-corrected chi connectivity index (χ3v) is 17.8. The average Bonchev–Trinajstić information content (AvgIpc) is 2.86. The second kappa shape index (κ2) is 76.0. The molecule has 0 N–H and O–H groups in total. The van der Waals surface area contributed by atoms with E-state index in [4.69, 9.17) is 18.9 Å². The van der Waals surface area contributed by atoms with Crippen LogP contribution in [0.3, 0.4) is 0 Å². The topological polar surface area (TPSA) is 111 Å². The number of esters is 2. The molecule has 95 heavy (non-hydrogen) atoms. The molecule has 0 bridgehead atoms. The lowest BCUT2D eigenvalue weighted by atomic mass is 10.0. The van der Waals surface area contributed by atoms with Gasteiger partial charge in [0.25, 0.3) is 0 Å². The van der Waals surface area contributed by atoms with Crippen molar-refractivity contribution in [2.75, 3.05) is 47.5 Å². The number of rotatable bonds is 75. The Morgan fingerprint density at radius 1 is 0.326 bits per heavy atom. The maximum absolute atomic E-state index is 12.9. The fraction of sp³-hybridized carbons (Fsp3) is 0.779. The van der Waals surface area contributed by atoms with Gasteiger partial charge in [0.1, 0.15) is 13.2 Å². The van der Waals surface area contributed by atoms with Gasteiger partial charge in [0.05, 0.1) is 40.3 Å². The van der Waals surface area contributed by atoms with Gasteiger partial charge >= 0.3 is 11.9 Å². The van der Waals surface area contributed by atoms with Crippen LogP contribution in [0.4, 0.5) is 0 Å². The van der Waals surface area contributed by atoms with Gasteiger partial charge in [-0.15, -0.1) is 0 Å². The van der Waals surface area contributed by atoms with E-state index >= 15 is 0 Å². The zero-order valence-electron chi connectivity index (χ0n) is 63.0. The molecule has 0 aromatic heterocycles. The van der Waals surface area contributed by atoms with Gasteiger partial charge in [-0.05, 0) is 77.0 Å². The summed E-state index contributed by atoms with van der Waals surface area (Å²) in [4.78, 5) is 37.6. The van der Waals surface area contributed by atoms with Crippen molar-refractivity contribution in [3.05, 3.63) is 97.2 Å². The molecule has 0 spiro atoms. The molecule has 0 saturated carbocycles. The summed E-state index contributed by atoms with van der Waals surface area (Å²) >= 11 is 0. The third-order valence-electron chi connectivity index (χ3n) is 17.8. The number of allylic oxidation sites excluding steroid dienone is 16. The molecule has 9 heteroatoms. The lowest BCUT2D eigenvalue weighted by Gasteiger charge is -2.26. The lowest BCUT2D eigenvalue weighted by Crippen LogP contribution is -2.44. The van der Waals surface area contributed by atoms with E-state index in [9.17, 15) is 19.5 Å². The van der Waals surface area contributed by atoms with Crippen LogP contribution in [0.2, 0.25) is 0 Å². The predicted octanol–water partition coefficient (Wildman–Crippen LogP) is 24.6. The summed E-state index contributed by atoms with van der Waals surface area (Å²) in [6.07, 6.45) is 103. The molecule has 0 aliphatic carbocycles. The van der Waals surface area contributed by atoms with Gasteiger partial charge in [-0.2, -0.15) is 0 Å². The lowest BCUT2D eigenvalue weighted by molar-refractivity contribution is -0.870. The maximum atomic E-state index is 12.9. The fourth-order valence-corrected chi connectivity index (χ4v) is 11.7. The van der Waals surface area contributed by atoms with Crippen molar-refractivity contribution in [3.63, 3.8) is 0 Å². The number of hydrogen-bond donors (Lipinski definition) is 0. The second-order valence-electron chi connectivity index (χ2n) is 28.3. The van der Waals surface area contributed by atoms with Gasteiger partial charge in [-0.25, -0.2) is 0 Å². The van der Waals surface area contributed by atoms with E-state index in [1.165, 1.54) is 244 Å². The zero-order chi connectivity index (χ0) is 69.0. The Hall–Kier alpha value is -3.79. The number of quaternary nitrogens is 1. The highest BCUT2D eigenvalue weighted by Crippen LogP contribution is 2.19. The van der Waals surface area contributed by atoms with Crippen LogP contribution in [0.25, 0.3) is 0 Å². The number of ether oxygens (including phenoxy) is 4. The number of carbonyl (C=O) groups excluding carboxylic acids is 3. The van der Waals surface area contributed by atoms with Crippen molar-refractivity contribution in [1.29, 1.82) is 0 Å². The first-order valence-corrected chi connectivity index (χ1v) is 40.4. The Kier molecular flexibility index (Phi) is 72.9. The van der Waals surface area contributed by atoms with Crippen LogP contribution in [0, 0.1) is 0 Å². The predicted molar refractivity (Wildman–Crippen MR) is 407 cm³/mol. The molecule has 0 rings (SSSR count). The van der Waals surface area contributed by atoms with Gasteiger partial charge in [-0.1, -0.05) is 381 Å². The largest absolute Gasteiger partial charge is 0.545 e. The highest BCUT2D eigenvalue weighted by atomic mass is 16.7. The van der Waals surface area contributed by atoms with Crippen LogP contribution in [0.5, 0.6) is 0 Å². The fourth-order valence-electron chi connectivity index (χ4n) is 11.7. The first kappa shape index (κ1) is 91.2. The van der Waals surface area contributed by atoms with Crippen LogP contribution in [-0.2, 0) is 33.3 Å². The molecular weight excluding hydrogens is 1170 g/mol. The summed E-state index contributed by atoms with van der Waals surface area (Å²) < 4.78 is 22.8. The molecule has 0 amide bonds. The van der Waals surface area contributed by atoms with E-state index in [0.29, 0.717) is 17.4 Å². The van der Waals surface area contributed by atoms with Crippen molar-refractivity contribution in [3.8, 4) is 0 Å². The number of likely N-dealkylation sites (N-methyl/N-ethyl adjacent to an activating group) is 1. The van der Waals surface area contributed by atoms with Gasteiger partial charge in [0, 0.05) is 12.8 Å². The zero-order valence-corrected chi connectivity index (χ0v) is 63.0. The van der Waals surface area contributed by atoms with Crippen LogP contribution in [-0.4, -0.2) is 82.3 Å². The second-order valence-corrected chi connectivity index (χ2v) is 28.3. The Labute approximate surface area is 588 Å². The van der Waals surface area contributed by atoms with Crippen molar-refractivity contribution in [1.82, 2.24) is 0 Å². The third kappa shape index (κ3) is 77.4. The van der Waals surface area contributed by atoms with Crippen LogP contribution in [0.15, 0.2) is 97.2 Å². The van der Waals surface area contributed by atoms with Crippen molar-refractivity contribution in [2.45, 2.75) is 386 Å². The number of hydrogen-bond acceptors (Lipinski definition) is 8. The molecule has 0 heterocycles. The molecule has 0 aromatic carbocycles. The Morgan fingerprint density at radius 2 is 0.600 bits per heavy atom.